The van der Waals surface area contributed by atoms with Crippen LogP contribution in [0.4, 0.5) is 17.5 Å². The molecule has 0 fully saturated rings. The molecule has 3 N–H and O–H groups in total. The molecule has 1 aromatic heterocycles. The van der Waals surface area contributed by atoms with E-state index in [-0.39, 0.29) is 5.95 Å². The summed E-state index contributed by atoms with van der Waals surface area (Å²) in [5.74, 6) is 0.814. The smallest absolute Gasteiger partial charge is 0.223 e. The molecule has 0 amide bonds. The van der Waals surface area contributed by atoms with Crippen LogP contribution in [0.5, 0.6) is 0 Å². The topological polar surface area (TPSA) is 63.8 Å². The molecule has 1 heterocycles. The second kappa shape index (κ2) is 5.54. The van der Waals surface area contributed by atoms with Gasteiger partial charge in [-0.3, -0.25) is 0 Å². The zero-order valence-electron chi connectivity index (χ0n) is 9.74. The van der Waals surface area contributed by atoms with Gasteiger partial charge in [0.25, 0.3) is 0 Å². The van der Waals surface area contributed by atoms with Crippen molar-refractivity contribution in [2.75, 3.05) is 11.1 Å². The predicted molar refractivity (Wildman–Crippen MR) is 78.3 cm³/mol. The molecule has 6 heteroatoms. The Morgan fingerprint density at radius 3 is 2.56 bits per heavy atom. The number of nitrogens with zero attached hydrogens (tertiary/aromatic N) is 2. The first kappa shape index (κ1) is 13.1. The van der Waals surface area contributed by atoms with Crippen LogP contribution in [-0.4, -0.2) is 9.97 Å². The van der Waals surface area contributed by atoms with E-state index in [1.54, 1.807) is 0 Å². The summed E-state index contributed by atoms with van der Waals surface area (Å²) in [6.45, 7) is 1.99. The fraction of sp³-hybridized carbons (Fsp3) is 0.167. The molecule has 4 nitrogen and oxygen atoms in total. The van der Waals surface area contributed by atoms with E-state index >= 15 is 0 Å². The number of halogens is 2. The summed E-state index contributed by atoms with van der Waals surface area (Å²) >= 11 is 9.44. The highest BCUT2D eigenvalue weighted by atomic mass is 79.9. The third kappa shape index (κ3) is 2.91. The third-order valence-corrected chi connectivity index (χ3v) is 3.28. The molecule has 0 aliphatic carbocycles. The second-order valence-corrected chi connectivity index (χ2v) is 4.96. The number of rotatable bonds is 3. The van der Waals surface area contributed by atoms with E-state index in [1.807, 2.05) is 31.2 Å². The van der Waals surface area contributed by atoms with Gasteiger partial charge in [-0.05, 0) is 30.7 Å². The SMILES string of the molecule is CCc1c(Cl)nc(N)nc1Nc1ccc(Br)cc1. The summed E-state index contributed by atoms with van der Waals surface area (Å²) in [5, 5.41) is 3.59. The van der Waals surface area contributed by atoms with Crippen LogP contribution in [-0.2, 0) is 6.42 Å². The largest absolute Gasteiger partial charge is 0.368 e. The van der Waals surface area contributed by atoms with Gasteiger partial charge in [-0.25, -0.2) is 4.98 Å². The van der Waals surface area contributed by atoms with Gasteiger partial charge in [0.2, 0.25) is 5.95 Å². The third-order valence-electron chi connectivity index (χ3n) is 2.43. The molecule has 0 bridgehead atoms. The van der Waals surface area contributed by atoms with E-state index in [1.165, 1.54) is 0 Å². The minimum Gasteiger partial charge on any atom is -0.368 e. The van der Waals surface area contributed by atoms with E-state index in [4.69, 9.17) is 17.3 Å². The van der Waals surface area contributed by atoms with Gasteiger partial charge < -0.3 is 11.1 Å². The Morgan fingerprint density at radius 2 is 1.94 bits per heavy atom. The van der Waals surface area contributed by atoms with Gasteiger partial charge in [0, 0.05) is 15.7 Å². The van der Waals surface area contributed by atoms with E-state index in [2.05, 4.69) is 31.2 Å². The first-order valence-corrected chi connectivity index (χ1v) is 6.61. The van der Waals surface area contributed by atoms with Crippen molar-refractivity contribution >= 4 is 45.0 Å². The van der Waals surface area contributed by atoms with Gasteiger partial charge in [-0.2, -0.15) is 4.98 Å². The maximum atomic E-state index is 6.05. The zero-order valence-corrected chi connectivity index (χ0v) is 12.1. The molecule has 0 unspecified atom stereocenters. The molecular weight excluding hydrogens is 316 g/mol. The molecule has 2 aromatic rings. The Labute approximate surface area is 119 Å². The van der Waals surface area contributed by atoms with Crippen LogP contribution in [0.15, 0.2) is 28.7 Å². The van der Waals surface area contributed by atoms with Crippen LogP contribution in [0.2, 0.25) is 5.15 Å². The number of anilines is 3. The predicted octanol–water partition coefficient (Wildman–Crippen LogP) is 3.78. The van der Waals surface area contributed by atoms with Crippen LogP contribution < -0.4 is 11.1 Å². The van der Waals surface area contributed by atoms with Gasteiger partial charge in [0.05, 0.1) is 0 Å². The monoisotopic (exact) mass is 326 g/mol. The average molecular weight is 328 g/mol. The Balaban J connectivity index is 2.36. The van der Waals surface area contributed by atoms with Crippen molar-refractivity contribution < 1.29 is 0 Å². The van der Waals surface area contributed by atoms with E-state index in [9.17, 15) is 0 Å². The molecule has 0 saturated heterocycles. The minimum absolute atomic E-state index is 0.164. The summed E-state index contributed by atoms with van der Waals surface area (Å²) < 4.78 is 1.02. The molecule has 94 valence electrons. The molecule has 0 atom stereocenters. The molecule has 0 saturated carbocycles. The Kier molecular flexibility index (Phi) is 4.04. The molecular formula is C12H12BrClN4. The number of aromatic nitrogens is 2. The van der Waals surface area contributed by atoms with Crippen molar-refractivity contribution in [2.24, 2.45) is 0 Å². The van der Waals surface area contributed by atoms with Crippen molar-refractivity contribution in [3.63, 3.8) is 0 Å². The summed E-state index contributed by atoms with van der Waals surface area (Å²) in [7, 11) is 0. The summed E-state index contributed by atoms with van der Waals surface area (Å²) in [6, 6.07) is 7.77. The molecule has 0 radical (unpaired) electrons. The summed E-state index contributed by atoms with van der Waals surface area (Å²) in [6.07, 6.45) is 0.734. The molecule has 0 spiro atoms. The number of nitrogen functional groups attached to an aromatic ring is 1. The van der Waals surface area contributed by atoms with Gasteiger partial charge in [0.15, 0.2) is 0 Å². The summed E-state index contributed by atoms with van der Waals surface area (Å²) in [5.41, 5.74) is 7.38. The van der Waals surface area contributed by atoms with Crippen molar-refractivity contribution in [2.45, 2.75) is 13.3 Å². The van der Waals surface area contributed by atoms with Crippen LogP contribution in [0, 0.1) is 0 Å². The van der Waals surface area contributed by atoms with Gasteiger partial charge >= 0.3 is 0 Å². The molecule has 0 aliphatic heterocycles. The first-order chi connectivity index (χ1) is 8.60. The van der Waals surface area contributed by atoms with Crippen molar-refractivity contribution in [3.05, 3.63) is 39.5 Å². The van der Waals surface area contributed by atoms with Gasteiger partial charge in [0.1, 0.15) is 11.0 Å². The number of benzene rings is 1. The van der Waals surface area contributed by atoms with E-state index in [0.717, 1.165) is 22.1 Å². The molecule has 18 heavy (non-hydrogen) atoms. The van der Waals surface area contributed by atoms with Crippen LogP contribution in [0.1, 0.15) is 12.5 Å². The average Bonchev–Trinajstić information content (AvgIpc) is 2.32. The van der Waals surface area contributed by atoms with Crippen LogP contribution in [0.3, 0.4) is 0 Å². The van der Waals surface area contributed by atoms with Gasteiger partial charge in [-0.15, -0.1) is 0 Å². The minimum atomic E-state index is 0.164. The lowest BCUT2D eigenvalue weighted by Gasteiger charge is -2.11. The van der Waals surface area contributed by atoms with E-state index < -0.39 is 0 Å². The Hall–Kier alpha value is -1.33. The number of nitrogens with one attached hydrogen (secondary N) is 1. The summed E-state index contributed by atoms with van der Waals surface area (Å²) in [4.78, 5) is 8.13. The molecule has 2 rings (SSSR count). The highest BCUT2D eigenvalue weighted by Gasteiger charge is 2.10. The lowest BCUT2D eigenvalue weighted by Crippen LogP contribution is -2.05. The van der Waals surface area contributed by atoms with Crippen LogP contribution >= 0.6 is 27.5 Å². The normalized spacial score (nSPS) is 10.4. The fourth-order valence-electron chi connectivity index (χ4n) is 1.56. The van der Waals surface area contributed by atoms with E-state index in [0.29, 0.717) is 11.0 Å². The lowest BCUT2D eigenvalue weighted by molar-refractivity contribution is 1.06. The fourth-order valence-corrected chi connectivity index (χ4v) is 2.13. The number of hydrogen-bond acceptors (Lipinski definition) is 4. The highest BCUT2D eigenvalue weighted by molar-refractivity contribution is 9.10. The first-order valence-electron chi connectivity index (χ1n) is 5.44. The maximum Gasteiger partial charge on any atom is 0.223 e. The standard InChI is InChI=1S/C12H12BrClN4/c1-2-9-10(14)17-12(15)18-11(9)16-8-5-3-7(13)4-6-8/h3-6H,2H2,1H3,(H3,15,16,17,18). The quantitative estimate of drug-likeness (QED) is 0.842. The highest BCUT2D eigenvalue weighted by Crippen LogP contribution is 2.26. The van der Waals surface area contributed by atoms with Gasteiger partial charge in [-0.1, -0.05) is 34.5 Å². The zero-order chi connectivity index (χ0) is 13.1. The Bertz CT molecular complexity index is 557. The maximum absolute atomic E-state index is 6.05. The molecule has 1 aromatic carbocycles. The van der Waals surface area contributed by atoms with Crippen molar-refractivity contribution in [1.82, 2.24) is 9.97 Å². The number of nitrogens with two attached hydrogens (primary N) is 1. The lowest BCUT2D eigenvalue weighted by atomic mass is 10.2. The second-order valence-electron chi connectivity index (χ2n) is 3.69. The molecule has 0 aliphatic rings. The number of hydrogen-bond donors (Lipinski definition) is 2. The van der Waals surface area contributed by atoms with Crippen molar-refractivity contribution in [1.29, 1.82) is 0 Å². The Morgan fingerprint density at radius 1 is 1.28 bits per heavy atom. The van der Waals surface area contributed by atoms with Crippen LogP contribution in [0.25, 0.3) is 0 Å². The van der Waals surface area contributed by atoms with Crippen molar-refractivity contribution in [3.8, 4) is 0 Å².